The zero-order valence-corrected chi connectivity index (χ0v) is 19.2. The third-order valence-corrected chi connectivity index (χ3v) is 5.50. The third kappa shape index (κ3) is 4.25. The third-order valence-electron chi connectivity index (χ3n) is 5.50. The van der Waals surface area contributed by atoms with Gasteiger partial charge in [0, 0.05) is 23.0 Å². The summed E-state index contributed by atoms with van der Waals surface area (Å²) in [5.74, 6) is 2.44. The van der Waals surface area contributed by atoms with Crippen molar-refractivity contribution in [3.8, 4) is 23.0 Å². The molecule has 0 spiro atoms. The van der Waals surface area contributed by atoms with Gasteiger partial charge in [0.15, 0.2) is 17.4 Å². The molecule has 3 heterocycles. The average molecular weight is 453 g/mol. The van der Waals surface area contributed by atoms with Gasteiger partial charge in [-0.05, 0) is 42.8 Å². The second kappa shape index (κ2) is 9.19. The van der Waals surface area contributed by atoms with Crippen LogP contribution >= 0.6 is 0 Å². The van der Waals surface area contributed by atoms with Crippen molar-refractivity contribution in [2.75, 3.05) is 19.5 Å². The van der Waals surface area contributed by atoms with E-state index in [9.17, 15) is 0 Å². The predicted octanol–water partition coefficient (Wildman–Crippen LogP) is 5.01. The molecule has 170 valence electrons. The van der Waals surface area contributed by atoms with Gasteiger partial charge in [-0.15, -0.1) is 0 Å². The van der Waals surface area contributed by atoms with Gasteiger partial charge in [-0.1, -0.05) is 30.3 Å². The molecule has 0 aliphatic carbocycles. The van der Waals surface area contributed by atoms with Crippen LogP contribution < -0.4 is 14.8 Å². The summed E-state index contributed by atoms with van der Waals surface area (Å²) < 4.78 is 12.7. The van der Waals surface area contributed by atoms with Gasteiger partial charge in [0.2, 0.25) is 0 Å². The lowest BCUT2D eigenvalue weighted by atomic mass is 10.2. The molecule has 0 radical (unpaired) electrons. The van der Waals surface area contributed by atoms with E-state index in [4.69, 9.17) is 19.6 Å². The molecule has 8 heteroatoms. The number of fused-ring (bicyclic) bond motifs is 1. The second-order valence-electron chi connectivity index (χ2n) is 7.79. The Morgan fingerprint density at radius 3 is 2.53 bits per heavy atom. The molecule has 0 saturated carbocycles. The molecule has 0 bridgehead atoms. The van der Waals surface area contributed by atoms with Gasteiger partial charge in [0.1, 0.15) is 11.4 Å². The Labute approximate surface area is 197 Å². The van der Waals surface area contributed by atoms with Gasteiger partial charge in [0.05, 0.1) is 32.5 Å². The highest BCUT2D eigenvalue weighted by Crippen LogP contribution is 2.31. The molecule has 0 saturated heterocycles. The van der Waals surface area contributed by atoms with Crippen LogP contribution in [0, 0.1) is 6.92 Å². The Bertz CT molecular complexity index is 1450. The van der Waals surface area contributed by atoms with Crippen LogP contribution in [0.3, 0.4) is 0 Å². The maximum absolute atomic E-state index is 5.49. The lowest BCUT2D eigenvalue weighted by molar-refractivity contribution is 0.413. The number of hydrogen-bond acceptors (Lipinski definition) is 7. The highest BCUT2D eigenvalue weighted by atomic mass is 16.5. The highest BCUT2D eigenvalue weighted by Gasteiger charge is 2.17. The van der Waals surface area contributed by atoms with Crippen molar-refractivity contribution in [1.82, 2.24) is 24.7 Å². The number of rotatable bonds is 7. The zero-order valence-electron chi connectivity index (χ0n) is 19.2. The van der Waals surface area contributed by atoms with Crippen molar-refractivity contribution >= 4 is 22.4 Å². The highest BCUT2D eigenvalue weighted by molar-refractivity contribution is 5.92. The minimum absolute atomic E-state index is 0.513. The minimum atomic E-state index is 0.513. The van der Waals surface area contributed by atoms with Gasteiger partial charge in [-0.3, -0.25) is 9.67 Å². The Morgan fingerprint density at radius 2 is 1.76 bits per heavy atom. The number of nitrogens with zero attached hydrogens (tertiary/aromatic N) is 5. The predicted molar refractivity (Wildman–Crippen MR) is 132 cm³/mol. The summed E-state index contributed by atoms with van der Waals surface area (Å²) in [4.78, 5) is 13.6. The Balaban J connectivity index is 1.54. The molecular weight excluding hydrogens is 428 g/mol. The van der Waals surface area contributed by atoms with Crippen molar-refractivity contribution in [3.63, 3.8) is 0 Å². The van der Waals surface area contributed by atoms with Gasteiger partial charge in [0.25, 0.3) is 0 Å². The van der Waals surface area contributed by atoms with E-state index in [1.54, 1.807) is 26.6 Å². The van der Waals surface area contributed by atoms with Crippen LogP contribution in [0.25, 0.3) is 22.4 Å². The maximum Gasteiger partial charge on any atom is 0.183 e. The summed E-state index contributed by atoms with van der Waals surface area (Å²) in [6.07, 6.45) is 3.41. The zero-order chi connectivity index (χ0) is 23.5. The number of ether oxygens (including phenoxy) is 2. The van der Waals surface area contributed by atoms with Crippen molar-refractivity contribution in [3.05, 3.63) is 84.3 Å². The molecule has 5 aromatic rings. The fraction of sp³-hybridized carbons (Fsp3) is 0.154. The number of hydrogen-bond donors (Lipinski definition) is 1. The maximum atomic E-state index is 5.49. The molecule has 2 aromatic carbocycles. The Kier molecular flexibility index (Phi) is 5.78. The van der Waals surface area contributed by atoms with Crippen LogP contribution in [0.4, 0.5) is 11.5 Å². The first-order valence-corrected chi connectivity index (χ1v) is 10.8. The van der Waals surface area contributed by atoms with Gasteiger partial charge in [-0.2, -0.15) is 5.10 Å². The quantitative estimate of drug-likeness (QED) is 0.372. The average Bonchev–Trinajstić information content (AvgIpc) is 3.23. The number of benzene rings is 2. The van der Waals surface area contributed by atoms with Crippen molar-refractivity contribution in [2.45, 2.75) is 13.5 Å². The number of pyridine rings is 1. The van der Waals surface area contributed by atoms with Crippen LogP contribution in [0.1, 0.15) is 11.3 Å². The molecule has 0 amide bonds. The molecular formula is C26H24N6O2. The van der Waals surface area contributed by atoms with E-state index in [1.807, 2.05) is 66.2 Å². The van der Waals surface area contributed by atoms with E-state index in [0.29, 0.717) is 29.6 Å². The molecule has 34 heavy (non-hydrogen) atoms. The number of aromatic nitrogens is 5. The summed E-state index contributed by atoms with van der Waals surface area (Å²) >= 11 is 0. The van der Waals surface area contributed by atoms with E-state index in [1.165, 1.54) is 0 Å². The fourth-order valence-corrected chi connectivity index (χ4v) is 3.80. The van der Waals surface area contributed by atoms with Crippen molar-refractivity contribution < 1.29 is 9.47 Å². The Morgan fingerprint density at radius 1 is 0.941 bits per heavy atom. The van der Waals surface area contributed by atoms with Crippen LogP contribution in [-0.2, 0) is 6.54 Å². The Hall–Kier alpha value is -4.46. The van der Waals surface area contributed by atoms with Crippen molar-refractivity contribution in [1.29, 1.82) is 0 Å². The van der Waals surface area contributed by atoms with Gasteiger partial charge in [-0.25, -0.2) is 9.97 Å². The molecule has 0 unspecified atom stereocenters. The molecule has 1 N–H and O–H groups in total. The smallest absolute Gasteiger partial charge is 0.183 e. The standard InChI is InChI=1S/C26H24N6O2/c1-17-14-19(12-13-27-17)29-25-23(34-3)15-28-26(30-25)24-21-6-4-5-7-22(21)32(31-24)16-18-8-10-20(33-2)11-9-18/h4-15H,16H2,1-3H3,(H,27,28,29,30). The van der Waals surface area contributed by atoms with Crippen LogP contribution in [0.2, 0.25) is 0 Å². The number of nitrogens with one attached hydrogen (secondary N) is 1. The molecule has 5 rings (SSSR count). The molecule has 8 nitrogen and oxygen atoms in total. The van der Waals surface area contributed by atoms with E-state index in [2.05, 4.69) is 21.4 Å². The first kappa shape index (κ1) is 21.4. The first-order chi connectivity index (χ1) is 16.6. The molecule has 0 aliphatic heterocycles. The number of anilines is 2. The first-order valence-electron chi connectivity index (χ1n) is 10.8. The van der Waals surface area contributed by atoms with E-state index >= 15 is 0 Å². The van der Waals surface area contributed by atoms with Crippen LogP contribution in [0.15, 0.2) is 73.1 Å². The summed E-state index contributed by atoms with van der Waals surface area (Å²) in [7, 11) is 3.26. The van der Waals surface area contributed by atoms with E-state index in [-0.39, 0.29) is 0 Å². The summed E-state index contributed by atoms with van der Waals surface area (Å²) in [6, 6.07) is 19.9. The monoisotopic (exact) mass is 452 g/mol. The number of para-hydroxylation sites is 1. The lowest BCUT2D eigenvalue weighted by Crippen LogP contribution is -2.03. The largest absolute Gasteiger partial charge is 0.497 e. The topological polar surface area (TPSA) is 87.0 Å². The molecule has 0 atom stereocenters. The minimum Gasteiger partial charge on any atom is -0.497 e. The van der Waals surface area contributed by atoms with Crippen LogP contribution in [-0.4, -0.2) is 39.0 Å². The molecule has 0 aliphatic rings. The number of aryl methyl sites for hydroxylation is 1. The number of methoxy groups -OCH3 is 2. The SMILES string of the molecule is COc1ccc(Cn2nc(-c3ncc(OC)c(Nc4ccnc(C)c4)n3)c3ccccc32)cc1. The van der Waals surface area contributed by atoms with Gasteiger partial charge >= 0.3 is 0 Å². The normalized spacial score (nSPS) is 10.9. The van der Waals surface area contributed by atoms with E-state index in [0.717, 1.165) is 33.6 Å². The van der Waals surface area contributed by atoms with Crippen LogP contribution in [0.5, 0.6) is 11.5 Å². The summed E-state index contributed by atoms with van der Waals surface area (Å²) in [6.45, 7) is 2.55. The summed E-state index contributed by atoms with van der Waals surface area (Å²) in [5, 5.41) is 9.19. The van der Waals surface area contributed by atoms with Gasteiger partial charge < -0.3 is 14.8 Å². The molecule has 0 fully saturated rings. The molecule has 3 aromatic heterocycles. The summed E-state index contributed by atoms with van der Waals surface area (Å²) in [5.41, 5.74) is 4.60. The lowest BCUT2D eigenvalue weighted by Gasteiger charge is -2.11. The fourth-order valence-electron chi connectivity index (χ4n) is 3.80. The van der Waals surface area contributed by atoms with E-state index < -0.39 is 0 Å². The second-order valence-corrected chi connectivity index (χ2v) is 7.79. The van der Waals surface area contributed by atoms with Crippen molar-refractivity contribution in [2.24, 2.45) is 0 Å².